The molecule has 4 aromatic carbocycles. The highest BCUT2D eigenvalue weighted by Gasteiger charge is 2.41. The van der Waals surface area contributed by atoms with Crippen LogP contribution in [0.25, 0.3) is 32.7 Å². The molecule has 4 aromatic rings. The maximum absolute atomic E-state index is 5.25. The van der Waals surface area contributed by atoms with E-state index in [-0.39, 0.29) is 11.5 Å². The van der Waals surface area contributed by atoms with E-state index in [4.69, 9.17) is 4.99 Å². The van der Waals surface area contributed by atoms with Crippen LogP contribution in [0.1, 0.15) is 50.3 Å². The second-order valence-corrected chi connectivity index (χ2v) is 9.28. The SMILES string of the molecule is CCC1(CC)c2cccc3c2[NH2+]c2c(c4c(C)cccc4c4cccc-3c24)C=NC1C. The first-order chi connectivity index (χ1) is 15.1. The Hall–Kier alpha value is -2.97. The van der Waals surface area contributed by atoms with Crippen LogP contribution in [-0.2, 0) is 5.41 Å². The van der Waals surface area contributed by atoms with Gasteiger partial charge in [0.15, 0.2) is 5.69 Å². The lowest BCUT2D eigenvalue weighted by molar-refractivity contribution is -0.477. The van der Waals surface area contributed by atoms with Gasteiger partial charge in [-0.2, -0.15) is 0 Å². The third kappa shape index (κ3) is 2.29. The minimum atomic E-state index is 0.0383. The van der Waals surface area contributed by atoms with E-state index in [0.717, 1.165) is 12.8 Å². The number of nitrogens with zero attached hydrogens (tertiary/aromatic N) is 1. The zero-order valence-corrected chi connectivity index (χ0v) is 18.8. The Bertz CT molecular complexity index is 1410. The lowest BCUT2D eigenvalue weighted by atomic mass is 9.69. The van der Waals surface area contributed by atoms with Gasteiger partial charge in [0.2, 0.25) is 0 Å². The monoisotopic (exact) mass is 405 g/mol. The van der Waals surface area contributed by atoms with Crippen molar-refractivity contribution in [2.75, 3.05) is 0 Å². The van der Waals surface area contributed by atoms with Gasteiger partial charge >= 0.3 is 0 Å². The molecular weight excluding hydrogens is 376 g/mol. The van der Waals surface area contributed by atoms with Gasteiger partial charge in [-0.1, -0.05) is 62.4 Å². The van der Waals surface area contributed by atoms with Crippen molar-refractivity contribution in [3.05, 3.63) is 71.3 Å². The Balaban J connectivity index is 1.89. The molecule has 6 rings (SSSR count). The molecule has 0 aromatic heterocycles. The summed E-state index contributed by atoms with van der Waals surface area (Å²) in [4.78, 5) is 5.25. The number of quaternary nitrogens is 1. The molecule has 1 atom stereocenters. The topological polar surface area (TPSA) is 29.0 Å². The van der Waals surface area contributed by atoms with Gasteiger partial charge in [-0.25, -0.2) is 0 Å². The van der Waals surface area contributed by atoms with Gasteiger partial charge in [0.1, 0.15) is 5.69 Å². The molecule has 0 aliphatic carbocycles. The zero-order chi connectivity index (χ0) is 21.3. The first-order valence-corrected chi connectivity index (χ1v) is 11.6. The van der Waals surface area contributed by atoms with Gasteiger partial charge in [0.25, 0.3) is 0 Å². The van der Waals surface area contributed by atoms with Crippen LogP contribution >= 0.6 is 0 Å². The molecule has 2 nitrogen and oxygen atoms in total. The first kappa shape index (κ1) is 18.8. The Morgan fingerprint density at radius 1 is 0.839 bits per heavy atom. The lowest BCUT2D eigenvalue weighted by Crippen LogP contribution is -2.73. The van der Waals surface area contributed by atoms with Crippen LogP contribution < -0.4 is 5.32 Å². The summed E-state index contributed by atoms with van der Waals surface area (Å²) in [6.07, 6.45) is 4.36. The summed E-state index contributed by atoms with van der Waals surface area (Å²) in [7, 11) is 0. The molecule has 2 aliphatic heterocycles. The predicted octanol–water partition coefficient (Wildman–Crippen LogP) is 6.69. The summed E-state index contributed by atoms with van der Waals surface area (Å²) in [6, 6.07) is 20.7. The molecule has 154 valence electrons. The van der Waals surface area contributed by atoms with Crippen molar-refractivity contribution in [2.45, 2.75) is 52.0 Å². The standard InChI is InChI=1S/C29H28N2/c1-5-29(6-2)18(4)30-16-23-25-17(3)10-7-11-19(25)20-12-8-13-21-22-14-9-15-24(29)27(22)31-28(23)26(20)21/h7-16,18,31H,5-6H2,1-4H3/p+1. The fourth-order valence-electron chi connectivity index (χ4n) is 6.40. The van der Waals surface area contributed by atoms with Crippen molar-refractivity contribution < 1.29 is 5.32 Å². The predicted molar refractivity (Wildman–Crippen MR) is 132 cm³/mol. The van der Waals surface area contributed by atoms with Crippen LogP contribution in [-0.4, -0.2) is 12.3 Å². The molecule has 0 saturated carbocycles. The van der Waals surface area contributed by atoms with Crippen molar-refractivity contribution in [1.29, 1.82) is 0 Å². The second-order valence-electron chi connectivity index (χ2n) is 9.28. The second kappa shape index (κ2) is 6.51. The quantitative estimate of drug-likeness (QED) is 0.250. The van der Waals surface area contributed by atoms with Gasteiger partial charge in [-0.3, -0.25) is 10.3 Å². The molecule has 0 radical (unpaired) electrons. The molecule has 2 aliphatic rings. The molecule has 0 fully saturated rings. The Labute approximate surface area is 184 Å². The Morgan fingerprint density at radius 3 is 2.29 bits per heavy atom. The Kier molecular flexibility index (Phi) is 3.94. The first-order valence-electron chi connectivity index (χ1n) is 11.6. The molecule has 0 spiro atoms. The van der Waals surface area contributed by atoms with E-state index in [1.807, 2.05) is 0 Å². The number of para-hydroxylation sites is 1. The minimum Gasteiger partial charge on any atom is -0.288 e. The fraction of sp³-hybridized carbons (Fsp3) is 0.276. The molecule has 0 saturated heterocycles. The zero-order valence-electron chi connectivity index (χ0n) is 18.8. The van der Waals surface area contributed by atoms with Crippen LogP contribution in [0.15, 0.2) is 59.6 Å². The molecule has 0 amide bonds. The number of benzene rings is 4. The van der Waals surface area contributed by atoms with Gasteiger partial charge in [-0.05, 0) is 54.5 Å². The summed E-state index contributed by atoms with van der Waals surface area (Å²) in [5.41, 5.74) is 9.57. The van der Waals surface area contributed by atoms with Gasteiger partial charge < -0.3 is 0 Å². The number of hydrogen-bond acceptors (Lipinski definition) is 1. The third-order valence-electron chi connectivity index (χ3n) is 8.17. The van der Waals surface area contributed by atoms with Crippen LogP contribution in [0, 0.1) is 6.92 Å². The van der Waals surface area contributed by atoms with E-state index in [1.54, 1.807) is 0 Å². The molecule has 2 bridgehead atoms. The van der Waals surface area contributed by atoms with Crippen LogP contribution in [0.5, 0.6) is 0 Å². The largest absolute Gasteiger partial charge is 0.288 e. The van der Waals surface area contributed by atoms with Crippen LogP contribution in [0.4, 0.5) is 11.4 Å². The highest BCUT2D eigenvalue weighted by Crippen LogP contribution is 2.49. The number of fused-ring (bicyclic) bond motifs is 4. The van der Waals surface area contributed by atoms with Crippen molar-refractivity contribution in [3.63, 3.8) is 0 Å². The number of rotatable bonds is 2. The molecule has 2 heterocycles. The maximum atomic E-state index is 5.25. The minimum absolute atomic E-state index is 0.0383. The molecule has 2 N–H and O–H groups in total. The summed E-state index contributed by atoms with van der Waals surface area (Å²) in [6.45, 7) is 9.20. The van der Waals surface area contributed by atoms with Crippen molar-refractivity contribution >= 4 is 39.1 Å². The number of nitrogens with two attached hydrogens (primary N) is 1. The van der Waals surface area contributed by atoms with E-state index < -0.39 is 0 Å². The van der Waals surface area contributed by atoms with Crippen LogP contribution in [0.2, 0.25) is 0 Å². The lowest BCUT2D eigenvalue weighted by Gasteiger charge is -2.37. The molecule has 2 heteroatoms. The normalized spacial score (nSPS) is 18.3. The Morgan fingerprint density at radius 2 is 1.52 bits per heavy atom. The van der Waals surface area contributed by atoms with E-state index in [2.05, 4.69) is 93.8 Å². The van der Waals surface area contributed by atoms with Crippen molar-refractivity contribution in [3.8, 4) is 11.1 Å². The van der Waals surface area contributed by atoms with Gasteiger partial charge in [-0.15, -0.1) is 0 Å². The molecular formula is C29H29N2+. The van der Waals surface area contributed by atoms with Crippen molar-refractivity contribution in [2.24, 2.45) is 4.99 Å². The summed E-state index contributed by atoms with van der Waals surface area (Å²) >= 11 is 0. The van der Waals surface area contributed by atoms with Crippen molar-refractivity contribution in [1.82, 2.24) is 0 Å². The average molecular weight is 406 g/mol. The number of hydrogen-bond donors (Lipinski definition) is 1. The smallest absolute Gasteiger partial charge is 0.152 e. The summed E-state index contributed by atoms with van der Waals surface area (Å²) in [5, 5.41) is 7.88. The number of aliphatic imine (C=N–C) groups is 1. The fourth-order valence-corrected chi connectivity index (χ4v) is 6.40. The van der Waals surface area contributed by atoms with E-state index in [9.17, 15) is 0 Å². The summed E-state index contributed by atoms with van der Waals surface area (Å²) in [5.74, 6) is 0. The van der Waals surface area contributed by atoms with Gasteiger partial charge in [0, 0.05) is 28.3 Å². The molecule has 1 unspecified atom stereocenters. The van der Waals surface area contributed by atoms with Gasteiger partial charge in [0.05, 0.1) is 17.0 Å². The highest BCUT2D eigenvalue weighted by molar-refractivity contribution is 6.24. The van der Waals surface area contributed by atoms with Crippen LogP contribution in [0.3, 0.4) is 0 Å². The average Bonchev–Trinajstić information content (AvgIpc) is 2.84. The van der Waals surface area contributed by atoms with E-state index >= 15 is 0 Å². The third-order valence-corrected chi connectivity index (χ3v) is 8.17. The molecule has 31 heavy (non-hydrogen) atoms. The summed E-state index contributed by atoms with van der Waals surface area (Å²) < 4.78 is 0. The van der Waals surface area contributed by atoms with E-state index in [0.29, 0.717) is 0 Å². The maximum Gasteiger partial charge on any atom is 0.152 e. The number of aryl methyl sites for hydroxylation is 1. The van der Waals surface area contributed by atoms with E-state index in [1.165, 1.54) is 60.7 Å². The highest BCUT2D eigenvalue weighted by atomic mass is 14.9.